The van der Waals surface area contributed by atoms with Crippen LogP contribution in [0.15, 0.2) is 34.7 Å². The smallest absolute Gasteiger partial charge is 0.305 e. The zero-order valence-electron chi connectivity index (χ0n) is 12.5. The van der Waals surface area contributed by atoms with Crippen molar-refractivity contribution < 1.29 is 19.1 Å². The van der Waals surface area contributed by atoms with E-state index in [0.717, 1.165) is 5.56 Å². The normalized spacial score (nSPS) is 11.9. The Morgan fingerprint density at radius 1 is 1.32 bits per heavy atom. The van der Waals surface area contributed by atoms with Crippen LogP contribution in [0.1, 0.15) is 24.8 Å². The van der Waals surface area contributed by atoms with Gasteiger partial charge in [-0.3, -0.25) is 9.59 Å². The minimum Gasteiger partial charge on any atom is -0.481 e. The van der Waals surface area contributed by atoms with Crippen LogP contribution in [0.4, 0.5) is 0 Å². The van der Waals surface area contributed by atoms with E-state index < -0.39 is 12.0 Å². The van der Waals surface area contributed by atoms with E-state index in [1.807, 2.05) is 30.3 Å². The summed E-state index contributed by atoms with van der Waals surface area (Å²) >= 11 is 0. The summed E-state index contributed by atoms with van der Waals surface area (Å²) in [6.07, 6.45) is -0.0507. The third-order valence-corrected chi connectivity index (χ3v) is 3.13. The van der Waals surface area contributed by atoms with Crippen molar-refractivity contribution in [3.05, 3.63) is 41.8 Å². The van der Waals surface area contributed by atoms with Gasteiger partial charge in [0.15, 0.2) is 0 Å². The van der Waals surface area contributed by atoms with E-state index in [2.05, 4.69) is 10.3 Å². The maximum atomic E-state index is 11.9. The fraction of sp³-hybridized carbons (Fsp3) is 0.312. The number of carbonyl (C=O) groups is 2. The summed E-state index contributed by atoms with van der Waals surface area (Å²) in [5.41, 5.74) is 1.40. The molecule has 2 rings (SSSR count). The molecule has 1 aromatic heterocycles. The lowest BCUT2D eigenvalue weighted by Gasteiger charge is -2.10. The van der Waals surface area contributed by atoms with Gasteiger partial charge in [0.05, 0.1) is 18.5 Å². The van der Waals surface area contributed by atoms with Crippen LogP contribution in [0.5, 0.6) is 0 Å². The molecule has 0 unspecified atom stereocenters. The number of oxazole rings is 1. The fourth-order valence-corrected chi connectivity index (χ4v) is 2.09. The molecule has 0 spiro atoms. The van der Waals surface area contributed by atoms with Gasteiger partial charge in [0.25, 0.3) is 0 Å². The van der Waals surface area contributed by atoms with Crippen molar-refractivity contribution >= 4 is 11.9 Å². The summed E-state index contributed by atoms with van der Waals surface area (Å²) < 4.78 is 5.59. The second kappa shape index (κ2) is 6.89. The van der Waals surface area contributed by atoms with Gasteiger partial charge in [-0.1, -0.05) is 18.2 Å². The molecular formula is C16H18N2O4. The van der Waals surface area contributed by atoms with Crippen LogP contribution in [0.25, 0.3) is 11.5 Å². The first-order valence-corrected chi connectivity index (χ1v) is 6.98. The highest BCUT2D eigenvalue weighted by Crippen LogP contribution is 2.21. The average molecular weight is 302 g/mol. The molecule has 2 N–H and O–H groups in total. The van der Waals surface area contributed by atoms with Crippen molar-refractivity contribution in [1.82, 2.24) is 10.3 Å². The Balaban J connectivity index is 2.03. The lowest BCUT2D eigenvalue weighted by Crippen LogP contribution is -2.35. The average Bonchev–Trinajstić information content (AvgIpc) is 2.80. The Bertz CT molecular complexity index is 664. The predicted molar refractivity (Wildman–Crippen MR) is 80.2 cm³/mol. The molecule has 6 heteroatoms. The van der Waals surface area contributed by atoms with Crippen LogP contribution in [-0.2, 0) is 16.0 Å². The van der Waals surface area contributed by atoms with Crippen molar-refractivity contribution in [2.45, 2.75) is 32.7 Å². The van der Waals surface area contributed by atoms with Gasteiger partial charge in [-0.25, -0.2) is 4.98 Å². The number of aryl methyl sites for hydroxylation is 1. The maximum Gasteiger partial charge on any atom is 0.305 e. The van der Waals surface area contributed by atoms with Crippen LogP contribution >= 0.6 is 0 Å². The first-order valence-electron chi connectivity index (χ1n) is 6.98. The van der Waals surface area contributed by atoms with E-state index >= 15 is 0 Å². The van der Waals surface area contributed by atoms with Crippen molar-refractivity contribution in [3.63, 3.8) is 0 Å². The van der Waals surface area contributed by atoms with Crippen molar-refractivity contribution in [2.75, 3.05) is 0 Å². The van der Waals surface area contributed by atoms with Crippen LogP contribution in [0.3, 0.4) is 0 Å². The predicted octanol–water partition coefficient (Wildman–Crippen LogP) is 2.17. The zero-order chi connectivity index (χ0) is 16.1. The molecule has 0 saturated carbocycles. The molecule has 0 aliphatic carbocycles. The molecule has 0 radical (unpaired) electrons. The van der Waals surface area contributed by atoms with Gasteiger partial charge in [0.2, 0.25) is 11.8 Å². The molecule has 6 nitrogen and oxygen atoms in total. The molecule has 116 valence electrons. The Hall–Kier alpha value is -2.63. The number of aromatic nitrogens is 1. The second-order valence-electron chi connectivity index (χ2n) is 5.13. The number of nitrogens with one attached hydrogen (secondary N) is 1. The number of carboxylic acid groups (broad SMARTS) is 1. The quantitative estimate of drug-likeness (QED) is 0.853. The Morgan fingerprint density at radius 2 is 2.00 bits per heavy atom. The van der Waals surface area contributed by atoms with Crippen molar-refractivity contribution in [1.29, 1.82) is 0 Å². The van der Waals surface area contributed by atoms with E-state index in [9.17, 15) is 9.59 Å². The van der Waals surface area contributed by atoms with Crippen LogP contribution in [0, 0.1) is 6.92 Å². The number of aliphatic carboxylic acids is 1. The van der Waals surface area contributed by atoms with Gasteiger partial charge in [-0.05, 0) is 26.0 Å². The monoisotopic (exact) mass is 302 g/mol. The molecule has 2 aromatic rings. The molecule has 0 fully saturated rings. The number of nitrogens with zero attached hydrogens (tertiary/aromatic N) is 1. The van der Waals surface area contributed by atoms with Crippen LogP contribution < -0.4 is 5.32 Å². The fourth-order valence-electron chi connectivity index (χ4n) is 2.09. The largest absolute Gasteiger partial charge is 0.481 e. The standard InChI is InChI=1S/C16H18N2O4/c1-10(8-15(20)21)17-14(19)9-13-11(2)22-16(18-13)12-6-4-3-5-7-12/h3-7,10H,8-9H2,1-2H3,(H,17,19)(H,20,21)/t10-/m1/s1. The maximum absolute atomic E-state index is 11.9. The van der Waals surface area contributed by atoms with E-state index in [-0.39, 0.29) is 18.7 Å². The van der Waals surface area contributed by atoms with E-state index in [0.29, 0.717) is 17.3 Å². The highest BCUT2D eigenvalue weighted by molar-refractivity contribution is 5.79. The summed E-state index contributed by atoms with van der Waals surface area (Å²) in [6.45, 7) is 3.40. The molecular weight excluding hydrogens is 284 g/mol. The first-order chi connectivity index (χ1) is 10.5. The Kier molecular flexibility index (Phi) is 4.93. The lowest BCUT2D eigenvalue weighted by atomic mass is 10.2. The summed E-state index contributed by atoms with van der Waals surface area (Å²) in [4.78, 5) is 26.8. The molecule has 0 bridgehead atoms. The van der Waals surface area contributed by atoms with Gasteiger partial charge in [0, 0.05) is 11.6 Å². The number of amides is 1. The highest BCUT2D eigenvalue weighted by Gasteiger charge is 2.16. The minimum absolute atomic E-state index is 0.0616. The van der Waals surface area contributed by atoms with Crippen LogP contribution in [0.2, 0.25) is 0 Å². The number of carboxylic acids is 1. The Morgan fingerprint density at radius 3 is 2.64 bits per heavy atom. The number of hydrogen-bond donors (Lipinski definition) is 2. The molecule has 1 aromatic carbocycles. The van der Waals surface area contributed by atoms with Gasteiger partial charge in [0.1, 0.15) is 5.76 Å². The van der Waals surface area contributed by atoms with E-state index in [1.54, 1.807) is 13.8 Å². The summed E-state index contributed by atoms with van der Waals surface area (Å²) in [6, 6.07) is 9.00. The number of hydrogen-bond acceptors (Lipinski definition) is 4. The summed E-state index contributed by atoms with van der Waals surface area (Å²) in [7, 11) is 0. The third-order valence-electron chi connectivity index (χ3n) is 3.13. The molecule has 22 heavy (non-hydrogen) atoms. The SMILES string of the molecule is Cc1oc(-c2ccccc2)nc1CC(=O)N[C@H](C)CC(=O)O. The minimum atomic E-state index is -0.947. The van der Waals surface area contributed by atoms with Crippen molar-refractivity contribution in [3.8, 4) is 11.5 Å². The summed E-state index contributed by atoms with van der Waals surface area (Å²) in [5.74, 6) is -0.166. The van der Waals surface area contributed by atoms with Gasteiger partial charge in [-0.15, -0.1) is 0 Å². The number of rotatable bonds is 6. The van der Waals surface area contributed by atoms with E-state index in [1.165, 1.54) is 0 Å². The van der Waals surface area contributed by atoms with E-state index in [4.69, 9.17) is 9.52 Å². The molecule has 0 saturated heterocycles. The number of benzene rings is 1. The third kappa shape index (κ3) is 4.18. The zero-order valence-corrected chi connectivity index (χ0v) is 12.5. The van der Waals surface area contributed by atoms with Gasteiger partial charge >= 0.3 is 5.97 Å². The van der Waals surface area contributed by atoms with Crippen molar-refractivity contribution in [2.24, 2.45) is 0 Å². The highest BCUT2D eigenvalue weighted by atomic mass is 16.4. The number of carbonyl (C=O) groups excluding carboxylic acids is 1. The lowest BCUT2D eigenvalue weighted by molar-refractivity contribution is -0.137. The molecule has 1 heterocycles. The molecule has 1 atom stereocenters. The summed E-state index contributed by atoms with van der Waals surface area (Å²) in [5, 5.41) is 11.3. The molecule has 0 aliphatic heterocycles. The molecule has 1 amide bonds. The topological polar surface area (TPSA) is 92.4 Å². The molecule has 0 aliphatic rings. The Labute approximate surface area is 128 Å². The first kappa shape index (κ1) is 15.8. The van der Waals surface area contributed by atoms with Gasteiger partial charge < -0.3 is 14.8 Å². The van der Waals surface area contributed by atoms with Gasteiger partial charge in [-0.2, -0.15) is 0 Å². The second-order valence-corrected chi connectivity index (χ2v) is 5.13. The van der Waals surface area contributed by atoms with Crippen LogP contribution in [-0.4, -0.2) is 28.0 Å².